The molecule has 0 spiro atoms. The van der Waals surface area contributed by atoms with Gasteiger partial charge in [-0.15, -0.1) is 0 Å². The summed E-state index contributed by atoms with van der Waals surface area (Å²) in [5.74, 6) is 0.0926. The second kappa shape index (κ2) is 4.25. The fraction of sp³-hybridized carbons (Fsp3) is 0.923. The summed E-state index contributed by atoms with van der Waals surface area (Å²) in [7, 11) is 0. The van der Waals surface area contributed by atoms with Crippen LogP contribution in [0.1, 0.15) is 40.0 Å². The average molecular weight is 241 g/mol. The maximum atomic E-state index is 12.4. The molecule has 17 heavy (non-hydrogen) atoms. The molecular weight excluding hydrogens is 218 g/mol. The molecule has 0 aromatic rings. The van der Waals surface area contributed by atoms with Crippen molar-refractivity contribution in [3.05, 3.63) is 0 Å². The van der Waals surface area contributed by atoms with E-state index in [1.165, 1.54) is 0 Å². The van der Waals surface area contributed by atoms with Gasteiger partial charge in [0, 0.05) is 25.1 Å². The molecule has 1 amide bonds. The van der Waals surface area contributed by atoms with E-state index in [9.17, 15) is 9.90 Å². The molecule has 4 nitrogen and oxygen atoms in total. The highest BCUT2D eigenvalue weighted by Gasteiger charge is 2.44. The van der Waals surface area contributed by atoms with Gasteiger partial charge in [0.15, 0.2) is 0 Å². The summed E-state index contributed by atoms with van der Waals surface area (Å²) in [6, 6.07) is 0. The van der Waals surface area contributed by atoms with E-state index in [4.69, 9.17) is 4.74 Å². The van der Waals surface area contributed by atoms with E-state index in [1.54, 1.807) is 0 Å². The molecule has 2 heterocycles. The normalized spacial score (nSPS) is 37.2. The second-order valence-electron chi connectivity index (χ2n) is 6.20. The number of piperidine rings is 1. The summed E-state index contributed by atoms with van der Waals surface area (Å²) < 4.78 is 5.60. The van der Waals surface area contributed by atoms with Gasteiger partial charge < -0.3 is 14.7 Å². The molecule has 2 aliphatic rings. The standard InChI is InChI=1S/C13H23NO3/c1-12(2)9-14(7-5-10(12)15)11(16)13(3)6-4-8-17-13/h10,15H,4-9H2,1-3H3. The van der Waals surface area contributed by atoms with Gasteiger partial charge in [-0.1, -0.05) is 13.8 Å². The number of nitrogens with zero attached hydrogens (tertiary/aromatic N) is 1. The number of rotatable bonds is 1. The van der Waals surface area contributed by atoms with Crippen molar-refractivity contribution in [1.29, 1.82) is 0 Å². The molecule has 0 aromatic carbocycles. The smallest absolute Gasteiger partial charge is 0.254 e. The molecule has 0 aromatic heterocycles. The van der Waals surface area contributed by atoms with Gasteiger partial charge in [-0.2, -0.15) is 0 Å². The van der Waals surface area contributed by atoms with Gasteiger partial charge in [0.25, 0.3) is 5.91 Å². The zero-order valence-electron chi connectivity index (χ0n) is 11.0. The SMILES string of the molecule is CC1(C(=O)N2CCC(O)C(C)(C)C2)CCCO1. The highest BCUT2D eigenvalue weighted by atomic mass is 16.5. The van der Waals surface area contributed by atoms with Crippen molar-refractivity contribution in [1.82, 2.24) is 4.90 Å². The summed E-state index contributed by atoms with van der Waals surface area (Å²) in [6.07, 6.45) is 2.12. The molecule has 2 saturated heterocycles. The summed E-state index contributed by atoms with van der Waals surface area (Å²) in [6.45, 7) is 7.85. The maximum Gasteiger partial charge on any atom is 0.254 e. The van der Waals surface area contributed by atoms with Crippen LogP contribution in [0.2, 0.25) is 0 Å². The van der Waals surface area contributed by atoms with Gasteiger partial charge in [0.2, 0.25) is 0 Å². The Hall–Kier alpha value is -0.610. The Balaban J connectivity index is 2.06. The molecule has 2 atom stereocenters. The first kappa shape index (κ1) is 12.8. The molecule has 2 rings (SSSR count). The first-order valence-electron chi connectivity index (χ1n) is 6.47. The maximum absolute atomic E-state index is 12.4. The average Bonchev–Trinajstić information content (AvgIpc) is 2.69. The number of carbonyl (C=O) groups is 1. The quantitative estimate of drug-likeness (QED) is 0.750. The Morgan fingerprint density at radius 2 is 2.12 bits per heavy atom. The van der Waals surface area contributed by atoms with Crippen molar-refractivity contribution in [2.75, 3.05) is 19.7 Å². The van der Waals surface area contributed by atoms with Gasteiger partial charge in [-0.25, -0.2) is 0 Å². The van der Waals surface area contributed by atoms with Crippen LogP contribution in [0, 0.1) is 5.41 Å². The minimum Gasteiger partial charge on any atom is -0.392 e. The Bertz CT molecular complexity index is 308. The number of aliphatic hydroxyl groups excluding tert-OH is 1. The summed E-state index contributed by atoms with van der Waals surface area (Å²) >= 11 is 0. The fourth-order valence-electron chi connectivity index (χ4n) is 2.80. The molecule has 0 radical (unpaired) electrons. The van der Waals surface area contributed by atoms with Crippen LogP contribution < -0.4 is 0 Å². The van der Waals surface area contributed by atoms with Gasteiger partial charge in [-0.05, 0) is 26.2 Å². The molecule has 0 aliphatic carbocycles. The first-order chi connectivity index (χ1) is 7.85. The Labute approximate surface area is 103 Å². The highest BCUT2D eigenvalue weighted by Crippen LogP contribution is 2.33. The van der Waals surface area contributed by atoms with E-state index in [0.29, 0.717) is 26.1 Å². The molecular formula is C13H23NO3. The molecule has 98 valence electrons. The Kier molecular flexibility index (Phi) is 3.21. The molecule has 4 heteroatoms. The minimum atomic E-state index is -0.627. The molecule has 0 bridgehead atoms. The van der Waals surface area contributed by atoms with E-state index >= 15 is 0 Å². The molecule has 2 aliphatic heterocycles. The largest absolute Gasteiger partial charge is 0.392 e. The third kappa shape index (κ3) is 2.33. The van der Waals surface area contributed by atoms with Crippen molar-refractivity contribution in [2.24, 2.45) is 5.41 Å². The lowest BCUT2D eigenvalue weighted by atomic mass is 9.80. The van der Waals surface area contributed by atoms with Crippen molar-refractivity contribution < 1.29 is 14.6 Å². The van der Waals surface area contributed by atoms with Gasteiger partial charge in [0.05, 0.1) is 6.10 Å². The van der Waals surface area contributed by atoms with Crippen LogP contribution in [0.3, 0.4) is 0 Å². The first-order valence-corrected chi connectivity index (χ1v) is 6.47. The minimum absolute atomic E-state index is 0.0926. The molecule has 1 N–H and O–H groups in total. The van der Waals surface area contributed by atoms with Crippen LogP contribution in [0.25, 0.3) is 0 Å². The van der Waals surface area contributed by atoms with E-state index in [2.05, 4.69) is 0 Å². The highest BCUT2D eigenvalue weighted by molar-refractivity contribution is 5.85. The second-order valence-corrected chi connectivity index (χ2v) is 6.20. The Morgan fingerprint density at radius 3 is 2.65 bits per heavy atom. The monoisotopic (exact) mass is 241 g/mol. The van der Waals surface area contributed by atoms with Crippen molar-refractivity contribution in [3.8, 4) is 0 Å². The predicted molar refractivity (Wildman–Crippen MR) is 64.6 cm³/mol. The van der Waals surface area contributed by atoms with Crippen molar-refractivity contribution >= 4 is 5.91 Å². The van der Waals surface area contributed by atoms with Gasteiger partial charge in [-0.3, -0.25) is 4.79 Å². The van der Waals surface area contributed by atoms with E-state index < -0.39 is 5.60 Å². The fourth-order valence-corrected chi connectivity index (χ4v) is 2.80. The summed E-state index contributed by atoms with van der Waals surface area (Å²) in [5, 5.41) is 9.90. The Morgan fingerprint density at radius 1 is 1.41 bits per heavy atom. The summed E-state index contributed by atoms with van der Waals surface area (Å²) in [5.41, 5.74) is -0.846. The lowest BCUT2D eigenvalue weighted by Gasteiger charge is -2.43. The number of amides is 1. The predicted octanol–water partition coefficient (Wildman–Crippen LogP) is 1.17. The number of hydrogen-bond donors (Lipinski definition) is 1. The number of aliphatic hydroxyl groups is 1. The number of carbonyl (C=O) groups excluding carboxylic acids is 1. The third-order valence-corrected chi connectivity index (χ3v) is 4.13. The van der Waals surface area contributed by atoms with Crippen LogP contribution >= 0.6 is 0 Å². The molecule has 2 fully saturated rings. The topological polar surface area (TPSA) is 49.8 Å². The number of hydrogen-bond acceptors (Lipinski definition) is 3. The number of likely N-dealkylation sites (tertiary alicyclic amines) is 1. The van der Waals surface area contributed by atoms with Crippen molar-refractivity contribution in [2.45, 2.75) is 51.7 Å². The van der Waals surface area contributed by atoms with Crippen LogP contribution in [0.15, 0.2) is 0 Å². The van der Waals surface area contributed by atoms with Crippen molar-refractivity contribution in [3.63, 3.8) is 0 Å². The van der Waals surface area contributed by atoms with Crippen LogP contribution in [-0.2, 0) is 9.53 Å². The number of ether oxygens (including phenoxy) is 1. The van der Waals surface area contributed by atoms with E-state index in [0.717, 1.165) is 12.8 Å². The van der Waals surface area contributed by atoms with Gasteiger partial charge in [0.1, 0.15) is 5.60 Å². The van der Waals surface area contributed by atoms with Gasteiger partial charge >= 0.3 is 0 Å². The van der Waals surface area contributed by atoms with Crippen LogP contribution in [0.4, 0.5) is 0 Å². The lowest BCUT2D eigenvalue weighted by molar-refractivity contribution is -0.157. The third-order valence-electron chi connectivity index (χ3n) is 4.13. The zero-order valence-corrected chi connectivity index (χ0v) is 11.0. The van der Waals surface area contributed by atoms with Crippen LogP contribution in [0.5, 0.6) is 0 Å². The zero-order chi connectivity index (χ0) is 12.7. The molecule has 2 unspecified atom stereocenters. The van der Waals surface area contributed by atoms with E-state index in [1.807, 2.05) is 25.7 Å². The van der Waals surface area contributed by atoms with E-state index in [-0.39, 0.29) is 17.4 Å². The lowest BCUT2D eigenvalue weighted by Crippen LogP contribution is -2.55. The molecule has 0 saturated carbocycles. The van der Waals surface area contributed by atoms with Crippen LogP contribution in [-0.4, -0.2) is 47.3 Å². The summed E-state index contributed by atoms with van der Waals surface area (Å²) in [4.78, 5) is 14.3.